The molecule has 2 heterocycles. The molecule has 2 N–H and O–H groups in total. The van der Waals surface area contributed by atoms with Gasteiger partial charge >= 0.3 is 0 Å². The van der Waals surface area contributed by atoms with E-state index < -0.39 is 0 Å². The third-order valence-electron chi connectivity index (χ3n) is 4.88. The number of nitrogens with two attached hydrogens (primary N) is 1. The molecule has 6 heteroatoms. The van der Waals surface area contributed by atoms with Crippen molar-refractivity contribution >= 4 is 5.91 Å². The lowest BCUT2D eigenvalue weighted by Crippen LogP contribution is -2.49. The van der Waals surface area contributed by atoms with Crippen LogP contribution >= 0.6 is 0 Å². The predicted molar refractivity (Wildman–Crippen MR) is 83.2 cm³/mol. The Bertz CT molecular complexity index is 516. The Hall–Kier alpha value is -1.40. The van der Waals surface area contributed by atoms with E-state index in [2.05, 4.69) is 5.10 Å². The summed E-state index contributed by atoms with van der Waals surface area (Å²) in [4.78, 5) is 14.7. The number of aromatic nitrogens is 2. The van der Waals surface area contributed by atoms with Gasteiger partial charge in [-0.05, 0) is 37.8 Å². The van der Waals surface area contributed by atoms with Gasteiger partial charge in [-0.3, -0.25) is 9.48 Å². The minimum atomic E-state index is 0.0229. The quantitative estimate of drug-likeness (QED) is 0.893. The molecule has 1 aromatic heterocycles. The van der Waals surface area contributed by atoms with Crippen LogP contribution in [0.5, 0.6) is 0 Å². The number of rotatable bonds is 4. The van der Waals surface area contributed by atoms with Crippen LogP contribution in [0.15, 0.2) is 12.4 Å². The monoisotopic (exact) mass is 306 g/mol. The van der Waals surface area contributed by atoms with E-state index in [4.69, 9.17) is 10.5 Å². The van der Waals surface area contributed by atoms with Gasteiger partial charge < -0.3 is 15.4 Å². The van der Waals surface area contributed by atoms with Gasteiger partial charge in [0.15, 0.2) is 0 Å². The van der Waals surface area contributed by atoms with Crippen molar-refractivity contribution in [2.24, 2.45) is 17.6 Å². The van der Waals surface area contributed by atoms with E-state index in [1.54, 1.807) is 0 Å². The lowest BCUT2D eigenvalue weighted by atomic mass is 9.94. The Kier molecular flexibility index (Phi) is 4.78. The van der Waals surface area contributed by atoms with Crippen LogP contribution in [0.2, 0.25) is 0 Å². The Morgan fingerprint density at radius 1 is 1.50 bits per heavy atom. The summed E-state index contributed by atoms with van der Waals surface area (Å²) >= 11 is 0. The first-order valence-electron chi connectivity index (χ1n) is 8.27. The Labute approximate surface area is 131 Å². The summed E-state index contributed by atoms with van der Waals surface area (Å²) in [5, 5.41) is 4.30. The maximum atomic E-state index is 12.8. The maximum Gasteiger partial charge on any atom is 0.226 e. The number of nitrogens with zero attached hydrogens (tertiary/aromatic N) is 3. The van der Waals surface area contributed by atoms with Crippen molar-refractivity contribution in [2.75, 3.05) is 26.2 Å². The van der Waals surface area contributed by atoms with Crippen LogP contribution in [0.1, 0.15) is 24.8 Å². The van der Waals surface area contributed by atoms with Crippen LogP contribution < -0.4 is 5.73 Å². The lowest BCUT2D eigenvalue weighted by molar-refractivity contribution is -0.144. The van der Waals surface area contributed by atoms with Gasteiger partial charge in [0, 0.05) is 25.2 Å². The second-order valence-corrected chi connectivity index (χ2v) is 6.55. The van der Waals surface area contributed by atoms with Gasteiger partial charge in [-0.15, -0.1) is 0 Å². The van der Waals surface area contributed by atoms with Crippen molar-refractivity contribution in [1.29, 1.82) is 0 Å². The van der Waals surface area contributed by atoms with Crippen LogP contribution in [0, 0.1) is 18.8 Å². The van der Waals surface area contributed by atoms with E-state index in [0.29, 0.717) is 38.7 Å². The molecule has 0 spiro atoms. The molecule has 1 unspecified atom stereocenters. The Balaban J connectivity index is 1.59. The number of ether oxygens (including phenoxy) is 1. The van der Waals surface area contributed by atoms with Crippen molar-refractivity contribution < 1.29 is 9.53 Å². The molecule has 0 radical (unpaired) electrons. The second kappa shape index (κ2) is 6.79. The number of morpholine rings is 1. The smallest absolute Gasteiger partial charge is 0.226 e. The Morgan fingerprint density at radius 2 is 2.36 bits per heavy atom. The summed E-state index contributed by atoms with van der Waals surface area (Å²) < 4.78 is 7.70. The highest BCUT2D eigenvalue weighted by atomic mass is 16.5. The average Bonchev–Trinajstić information content (AvgIpc) is 3.15. The number of hydrogen-bond donors (Lipinski definition) is 1. The van der Waals surface area contributed by atoms with Gasteiger partial charge in [0.2, 0.25) is 5.91 Å². The molecule has 2 aliphatic rings. The van der Waals surface area contributed by atoms with E-state index in [0.717, 1.165) is 24.8 Å². The maximum absolute atomic E-state index is 12.8. The van der Waals surface area contributed by atoms with Crippen molar-refractivity contribution in [3.8, 4) is 0 Å². The molecule has 3 rings (SSSR count). The summed E-state index contributed by atoms with van der Waals surface area (Å²) in [7, 11) is 0. The molecule has 1 aliphatic heterocycles. The van der Waals surface area contributed by atoms with Gasteiger partial charge in [0.25, 0.3) is 0 Å². The summed E-state index contributed by atoms with van der Waals surface area (Å²) in [6.07, 6.45) is 7.07. The number of carbonyl (C=O) groups excluding carboxylic acids is 1. The zero-order valence-corrected chi connectivity index (χ0v) is 13.3. The molecule has 0 bridgehead atoms. The SMILES string of the molecule is Cc1cnn(CC2CN(C(=O)[C@@H]3CCC[C@@H]3CN)CCO2)c1. The summed E-state index contributed by atoms with van der Waals surface area (Å²) in [6, 6.07) is 0. The molecule has 6 nitrogen and oxygen atoms in total. The molecule has 1 aromatic rings. The molecule has 122 valence electrons. The molecule has 1 saturated carbocycles. The molecule has 1 amide bonds. The van der Waals surface area contributed by atoms with Crippen molar-refractivity contribution in [1.82, 2.24) is 14.7 Å². The number of aryl methyl sites for hydroxylation is 1. The molecular formula is C16H26N4O2. The van der Waals surface area contributed by atoms with E-state index in [-0.39, 0.29) is 17.9 Å². The molecule has 0 aromatic carbocycles. The largest absolute Gasteiger partial charge is 0.373 e. The first kappa shape index (κ1) is 15.5. The van der Waals surface area contributed by atoms with E-state index in [9.17, 15) is 4.79 Å². The van der Waals surface area contributed by atoms with E-state index in [1.165, 1.54) is 0 Å². The molecular weight excluding hydrogens is 280 g/mol. The van der Waals surface area contributed by atoms with E-state index >= 15 is 0 Å². The highest BCUT2D eigenvalue weighted by Gasteiger charge is 2.36. The number of amides is 1. The first-order valence-corrected chi connectivity index (χ1v) is 8.27. The van der Waals surface area contributed by atoms with Crippen LogP contribution in [0.3, 0.4) is 0 Å². The molecule has 3 atom stereocenters. The predicted octanol–water partition coefficient (Wildman–Crippen LogP) is 0.794. The zero-order chi connectivity index (χ0) is 15.5. The summed E-state index contributed by atoms with van der Waals surface area (Å²) in [5.41, 5.74) is 6.96. The van der Waals surface area contributed by atoms with E-state index in [1.807, 2.05) is 28.9 Å². The first-order chi connectivity index (χ1) is 10.7. The standard InChI is InChI=1S/C16H26N4O2/c1-12-8-18-20(9-12)11-14-10-19(5-6-22-14)16(21)15-4-2-3-13(15)7-17/h8-9,13-15H,2-7,10-11,17H2,1H3/t13-,14?,15-/m1/s1. The fourth-order valence-electron chi connectivity index (χ4n) is 3.68. The van der Waals surface area contributed by atoms with Crippen molar-refractivity contribution in [2.45, 2.75) is 38.8 Å². The summed E-state index contributed by atoms with van der Waals surface area (Å²) in [5.74, 6) is 0.760. The molecule has 22 heavy (non-hydrogen) atoms. The fraction of sp³-hybridized carbons (Fsp3) is 0.750. The van der Waals surface area contributed by atoms with Crippen LogP contribution in [-0.4, -0.2) is 52.9 Å². The molecule has 2 fully saturated rings. The lowest BCUT2D eigenvalue weighted by Gasteiger charge is -2.35. The van der Waals surface area contributed by atoms with Gasteiger partial charge in [0.05, 0.1) is 25.5 Å². The molecule has 1 saturated heterocycles. The minimum absolute atomic E-state index is 0.0229. The fourth-order valence-corrected chi connectivity index (χ4v) is 3.68. The van der Waals surface area contributed by atoms with Gasteiger partial charge in [-0.1, -0.05) is 6.42 Å². The second-order valence-electron chi connectivity index (χ2n) is 6.55. The zero-order valence-electron chi connectivity index (χ0n) is 13.3. The Morgan fingerprint density at radius 3 is 3.09 bits per heavy atom. The van der Waals surface area contributed by atoms with Gasteiger partial charge in [-0.25, -0.2) is 0 Å². The average molecular weight is 306 g/mol. The highest BCUT2D eigenvalue weighted by Crippen LogP contribution is 2.32. The normalized spacial score (nSPS) is 29.0. The van der Waals surface area contributed by atoms with Crippen LogP contribution in [-0.2, 0) is 16.1 Å². The molecule has 1 aliphatic carbocycles. The summed E-state index contributed by atoms with van der Waals surface area (Å²) in [6.45, 7) is 5.30. The number of carbonyl (C=O) groups is 1. The van der Waals surface area contributed by atoms with Crippen molar-refractivity contribution in [3.63, 3.8) is 0 Å². The van der Waals surface area contributed by atoms with Gasteiger partial charge in [0.1, 0.15) is 0 Å². The topological polar surface area (TPSA) is 73.4 Å². The van der Waals surface area contributed by atoms with Crippen LogP contribution in [0.25, 0.3) is 0 Å². The minimum Gasteiger partial charge on any atom is -0.373 e. The third kappa shape index (κ3) is 3.33. The van der Waals surface area contributed by atoms with Crippen molar-refractivity contribution in [3.05, 3.63) is 18.0 Å². The highest BCUT2D eigenvalue weighted by molar-refractivity contribution is 5.79. The van der Waals surface area contributed by atoms with Crippen LogP contribution in [0.4, 0.5) is 0 Å². The third-order valence-corrected chi connectivity index (χ3v) is 4.88. The van der Waals surface area contributed by atoms with Gasteiger partial charge in [-0.2, -0.15) is 5.10 Å². The number of hydrogen-bond acceptors (Lipinski definition) is 4.